The zero-order valence-electron chi connectivity index (χ0n) is 18.9. The topological polar surface area (TPSA) is 57.0 Å². The van der Waals surface area contributed by atoms with Crippen LogP contribution in [-0.2, 0) is 17.6 Å². The minimum absolute atomic E-state index is 0.0294. The van der Waals surface area contributed by atoms with Crippen molar-refractivity contribution in [1.82, 2.24) is 4.98 Å². The number of benzene rings is 3. The fourth-order valence-electron chi connectivity index (χ4n) is 4.26. The molecule has 4 nitrogen and oxygen atoms in total. The summed E-state index contributed by atoms with van der Waals surface area (Å²) < 4.78 is 0. The van der Waals surface area contributed by atoms with Crippen LogP contribution in [0.15, 0.2) is 90.0 Å². The Hall–Kier alpha value is -3.88. The highest BCUT2D eigenvalue weighted by atomic mass is 32.2. The van der Waals surface area contributed by atoms with Crippen LogP contribution in [0.25, 0.3) is 11.3 Å². The van der Waals surface area contributed by atoms with E-state index in [9.17, 15) is 10.1 Å². The number of amides is 1. The number of aryl methyl sites for hydroxylation is 3. The molecule has 1 aliphatic heterocycles. The highest BCUT2D eigenvalue weighted by molar-refractivity contribution is 8.00. The molecular weight excluding hydrogens is 438 g/mol. The third kappa shape index (κ3) is 4.33. The van der Waals surface area contributed by atoms with Gasteiger partial charge in [-0.3, -0.25) is 9.69 Å². The lowest BCUT2D eigenvalue weighted by atomic mass is 10.0. The third-order valence-electron chi connectivity index (χ3n) is 6.04. The number of hydrogen-bond donors (Lipinski definition) is 0. The molecule has 34 heavy (non-hydrogen) atoms. The van der Waals surface area contributed by atoms with E-state index in [0.29, 0.717) is 10.6 Å². The molecule has 4 aromatic rings. The molecule has 0 saturated carbocycles. The number of thioether (sulfide) groups is 1. The summed E-state index contributed by atoms with van der Waals surface area (Å²) in [5.41, 5.74) is 7.61. The molecule has 0 spiro atoms. The van der Waals surface area contributed by atoms with Gasteiger partial charge in [0.1, 0.15) is 11.1 Å². The average molecular weight is 462 g/mol. The Kier molecular flexibility index (Phi) is 6.16. The standard InChI is InChI=1S/C29H23N3OS/c1-20-10-12-21(13-11-20)25-17-16-24(18-30)29(31-25)34-19-28(33)32-26-8-4-2-6-22(26)14-15-23-7-3-5-9-27(23)32/h2-13,16-17H,14-15,19H2,1H3. The second kappa shape index (κ2) is 9.54. The van der Waals surface area contributed by atoms with Crippen molar-refractivity contribution in [2.75, 3.05) is 10.7 Å². The second-order valence-electron chi connectivity index (χ2n) is 8.30. The van der Waals surface area contributed by atoms with E-state index < -0.39 is 0 Å². The molecule has 3 aromatic carbocycles. The molecule has 0 saturated heterocycles. The summed E-state index contributed by atoms with van der Waals surface area (Å²) in [6, 6.07) is 30.2. The van der Waals surface area contributed by atoms with E-state index in [1.54, 1.807) is 6.07 Å². The van der Waals surface area contributed by atoms with Crippen molar-refractivity contribution in [3.05, 3.63) is 107 Å². The summed E-state index contributed by atoms with van der Waals surface area (Å²) in [6.45, 7) is 2.04. The molecule has 0 unspecified atom stereocenters. The molecule has 0 fully saturated rings. The summed E-state index contributed by atoms with van der Waals surface area (Å²) in [5, 5.41) is 10.2. The Bertz CT molecular complexity index is 1360. The van der Waals surface area contributed by atoms with Crippen molar-refractivity contribution >= 4 is 29.0 Å². The summed E-state index contributed by atoms with van der Waals surface area (Å²) in [4.78, 5) is 20.2. The number of pyridine rings is 1. The van der Waals surface area contributed by atoms with Gasteiger partial charge in [-0.2, -0.15) is 5.26 Å². The number of rotatable bonds is 4. The maximum atomic E-state index is 13.6. The van der Waals surface area contributed by atoms with Gasteiger partial charge >= 0.3 is 0 Å². The van der Waals surface area contributed by atoms with Gasteiger partial charge < -0.3 is 0 Å². The molecule has 0 bridgehead atoms. The highest BCUT2D eigenvalue weighted by Gasteiger charge is 2.26. The normalized spacial score (nSPS) is 12.3. The second-order valence-corrected chi connectivity index (χ2v) is 9.27. The van der Waals surface area contributed by atoms with Gasteiger partial charge in [-0.05, 0) is 55.2 Å². The van der Waals surface area contributed by atoms with E-state index in [4.69, 9.17) is 4.98 Å². The van der Waals surface area contributed by atoms with Gasteiger partial charge in [0.2, 0.25) is 5.91 Å². The quantitative estimate of drug-likeness (QED) is 0.326. The first-order chi connectivity index (χ1) is 16.6. The van der Waals surface area contributed by atoms with Gasteiger partial charge in [-0.25, -0.2) is 4.98 Å². The number of aromatic nitrogens is 1. The van der Waals surface area contributed by atoms with E-state index in [0.717, 1.165) is 46.6 Å². The van der Waals surface area contributed by atoms with Crippen LogP contribution in [0.4, 0.5) is 11.4 Å². The molecule has 5 heteroatoms. The minimum atomic E-state index is -0.0294. The summed E-state index contributed by atoms with van der Waals surface area (Å²) in [6.07, 6.45) is 1.78. The molecule has 0 atom stereocenters. The van der Waals surface area contributed by atoms with Crippen molar-refractivity contribution in [1.29, 1.82) is 5.26 Å². The number of anilines is 2. The van der Waals surface area contributed by atoms with E-state index >= 15 is 0 Å². The van der Waals surface area contributed by atoms with Gasteiger partial charge in [0.15, 0.2) is 0 Å². The van der Waals surface area contributed by atoms with Crippen molar-refractivity contribution in [3.8, 4) is 17.3 Å². The lowest BCUT2D eigenvalue weighted by Crippen LogP contribution is -2.28. The van der Waals surface area contributed by atoms with Crippen molar-refractivity contribution in [3.63, 3.8) is 0 Å². The maximum absolute atomic E-state index is 13.6. The zero-order chi connectivity index (χ0) is 23.5. The average Bonchev–Trinajstić information content (AvgIpc) is 3.04. The van der Waals surface area contributed by atoms with Gasteiger partial charge in [0.25, 0.3) is 0 Å². The van der Waals surface area contributed by atoms with Gasteiger partial charge in [-0.15, -0.1) is 0 Å². The Labute approximate surface area is 203 Å². The summed E-state index contributed by atoms with van der Waals surface area (Å²) in [5.74, 6) is 0.153. The largest absolute Gasteiger partial charge is 0.280 e. The molecule has 5 rings (SSSR count). The Morgan fingerprint density at radius 2 is 1.53 bits per heavy atom. The van der Waals surface area contributed by atoms with Crippen LogP contribution < -0.4 is 4.90 Å². The van der Waals surface area contributed by atoms with Gasteiger partial charge in [0, 0.05) is 5.56 Å². The van der Waals surface area contributed by atoms with Crippen molar-refractivity contribution in [2.45, 2.75) is 24.8 Å². The van der Waals surface area contributed by atoms with E-state index in [1.165, 1.54) is 17.3 Å². The number of fused-ring (bicyclic) bond motifs is 2. The van der Waals surface area contributed by atoms with Gasteiger partial charge in [0.05, 0.1) is 28.4 Å². The summed E-state index contributed by atoms with van der Waals surface area (Å²) >= 11 is 1.32. The van der Waals surface area contributed by atoms with Crippen LogP contribution in [0.5, 0.6) is 0 Å². The molecule has 1 amide bonds. The predicted octanol–water partition coefficient (Wildman–Crippen LogP) is 6.48. The molecule has 1 aliphatic rings. The number of carbonyl (C=O) groups is 1. The Morgan fingerprint density at radius 3 is 2.15 bits per heavy atom. The van der Waals surface area contributed by atoms with E-state index in [2.05, 4.69) is 18.2 Å². The van der Waals surface area contributed by atoms with Crippen LogP contribution in [-0.4, -0.2) is 16.6 Å². The minimum Gasteiger partial charge on any atom is -0.280 e. The number of hydrogen-bond acceptors (Lipinski definition) is 4. The fraction of sp³-hybridized carbons (Fsp3) is 0.138. The zero-order valence-corrected chi connectivity index (χ0v) is 19.7. The van der Waals surface area contributed by atoms with Crippen LogP contribution in [0.2, 0.25) is 0 Å². The van der Waals surface area contributed by atoms with Crippen molar-refractivity contribution in [2.24, 2.45) is 0 Å². The third-order valence-corrected chi connectivity index (χ3v) is 7.01. The van der Waals surface area contributed by atoms with Crippen LogP contribution in [0.1, 0.15) is 22.3 Å². The first-order valence-corrected chi connectivity index (χ1v) is 12.2. The van der Waals surface area contributed by atoms with E-state index in [1.807, 2.05) is 78.6 Å². The predicted molar refractivity (Wildman–Crippen MR) is 137 cm³/mol. The fourth-order valence-corrected chi connectivity index (χ4v) is 5.09. The number of nitriles is 1. The number of para-hydroxylation sites is 2. The SMILES string of the molecule is Cc1ccc(-c2ccc(C#N)c(SCC(=O)N3c4ccccc4CCc4ccccc43)n2)cc1. The van der Waals surface area contributed by atoms with Crippen LogP contribution >= 0.6 is 11.8 Å². The molecular formula is C29H23N3OS. The monoisotopic (exact) mass is 461 g/mol. The molecule has 0 aliphatic carbocycles. The molecule has 0 radical (unpaired) electrons. The summed E-state index contributed by atoms with van der Waals surface area (Å²) in [7, 11) is 0. The molecule has 166 valence electrons. The number of carbonyl (C=O) groups excluding carboxylic acids is 1. The van der Waals surface area contributed by atoms with Gasteiger partial charge in [-0.1, -0.05) is 78.0 Å². The maximum Gasteiger partial charge on any atom is 0.241 e. The smallest absolute Gasteiger partial charge is 0.241 e. The lowest BCUT2D eigenvalue weighted by Gasteiger charge is -2.25. The van der Waals surface area contributed by atoms with Crippen LogP contribution in [0, 0.1) is 18.3 Å². The lowest BCUT2D eigenvalue weighted by molar-refractivity contribution is -0.115. The Balaban J connectivity index is 1.45. The first-order valence-electron chi connectivity index (χ1n) is 11.2. The first kappa shape index (κ1) is 21.9. The van der Waals surface area contributed by atoms with Crippen LogP contribution in [0.3, 0.4) is 0 Å². The van der Waals surface area contributed by atoms with Crippen molar-refractivity contribution < 1.29 is 4.79 Å². The molecule has 1 aromatic heterocycles. The molecule has 0 N–H and O–H groups in total. The molecule has 2 heterocycles. The Morgan fingerprint density at radius 1 is 0.912 bits per heavy atom. The number of nitrogens with zero attached hydrogens (tertiary/aromatic N) is 3. The van der Waals surface area contributed by atoms with E-state index in [-0.39, 0.29) is 11.7 Å². The highest BCUT2D eigenvalue weighted by Crippen LogP contribution is 2.37.